The van der Waals surface area contributed by atoms with Gasteiger partial charge < -0.3 is 9.47 Å². The predicted molar refractivity (Wildman–Crippen MR) is 156 cm³/mol. The highest BCUT2D eigenvalue weighted by molar-refractivity contribution is 6.08. The summed E-state index contributed by atoms with van der Waals surface area (Å²) in [6.45, 7) is 10.9. The predicted octanol–water partition coefficient (Wildman–Crippen LogP) is 7.26. The molecule has 1 unspecified atom stereocenters. The lowest BCUT2D eigenvalue weighted by Crippen LogP contribution is -2.43. The van der Waals surface area contributed by atoms with E-state index < -0.39 is 11.6 Å². The molecule has 1 aliphatic heterocycles. The van der Waals surface area contributed by atoms with Crippen molar-refractivity contribution in [3.8, 4) is 16.9 Å². The maximum absolute atomic E-state index is 13.7. The van der Waals surface area contributed by atoms with Crippen LogP contribution in [-0.4, -0.2) is 40.9 Å². The highest BCUT2D eigenvalue weighted by Crippen LogP contribution is 2.39. The normalized spacial score (nSPS) is 17.4. The van der Waals surface area contributed by atoms with Gasteiger partial charge in [-0.1, -0.05) is 76.8 Å². The molecule has 1 heterocycles. The van der Waals surface area contributed by atoms with E-state index in [0.29, 0.717) is 18.9 Å². The summed E-state index contributed by atoms with van der Waals surface area (Å²) in [5, 5.41) is 0. The van der Waals surface area contributed by atoms with Crippen molar-refractivity contribution >= 4 is 17.7 Å². The molecule has 39 heavy (non-hydrogen) atoms. The number of rotatable bonds is 11. The minimum absolute atomic E-state index is 0.0134. The van der Waals surface area contributed by atoms with Crippen molar-refractivity contribution in [2.75, 3.05) is 6.61 Å². The lowest BCUT2D eigenvalue weighted by atomic mass is 9.82. The fourth-order valence-corrected chi connectivity index (χ4v) is 5.77. The van der Waals surface area contributed by atoms with E-state index in [9.17, 15) is 9.59 Å². The van der Waals surface area contributed by atoms with Crippen LogP contribution >= 0.6 is 0 Å². The molecule has 1 amide bonds. The molecule has 210 valence electrons. The van der Waals surface area contributed by atoms with Crippen molar-refractivity contribution in [1.29, 1.82) is 0 Å². The van der Waals surface area contributed by atoms with Gasteiger partial charge in [-0.25, -0.2) is 4.79 Å². The van der Waals surface area contributed by atoms with Crippen LogP contribution in [0.15, 0.2) is 47.5 Å². The number of nitrogens with zero attached hydrogens (tertiary/aromatic N) is 2. The second-order valence-electron chi connectivity index (χ2n) is 11.3. The molecule has 0 bridgehead atoms. The highest BCUT2D eigenvalue weighted by atomic mass is 16.6. The topological polar surface area (TPSA) is 68.2 Å². The zero-order valence-corrected chi connectivity index (χ0v) is 24.3. The molecule has 0 N–H and O–H groups in total. The maximum Gasteiger partial charge on any atom is 0.347 e. The SMILES string of the molecule is CCCCC1=NC2(CCCCC2)C(=O)N1Cc1ccc(-c2cccc(OC(C(=O)OCC)C(C)C)c2)c(C)c1. The number of unbranched alkanes of at least 4 members (excludes halogenated alkanes) is 1. The van der Waals surface area contributed by atoms with Gasteiger partial charge in [0.25, 0.3) is 5.91 Å². The number of carbonyl (C=O) groups excluding carboxylic acids is 2. The standard InChI is InChI=1S/C33H44N2O4/c1-6-8-15-29-34-33(18-10-9-11-19-33)32(37)35(29)22-25-16-17-28(24(5)20-25)26-13-12-14-27(21-26)39-30(23(3)4)31(36)38-7-2/h12-14,16-17,20-21,23,30H,6-11,15,18-19,22H2,1-5H3. The third kappa shape index (κ3) is 6.54. The van der Waals surface area contributed by atoms with Crippen LogP contribution in [0.25, 0.3) is 11.1 Å². The van der Waals surface area contributed by atoms with Crippen LogP contribution in [0.4, 0.5) is 0 Å². The number of hydrogen-bond donors (Lipinski definition) is 0. The van der Waals surface area contributed by atoms with Gasteiger partial charge >= 0.3 is 5.97 Å². The molecule has 2 aliphatic rings. The molecule has 2 aromatic rings. The van der Waals surface area contributed by atoms with Gasteiger partial charge in [-0.3, -0.25) is 14.7 Å². The lowest BCUT2D eigenvalue weighted by Gasteiger charge is -2.29. The molecular formula is C33H44N2O4. The molecule has 0 aromatic heterocycles. The zero-order valence-electron chi connectivity index (χ0n) is 24.3. The molecule has 1 aliphatic carbocycles. The summed E-state index contributed by atoms with van der Waals surface area (Å²) >= 11 is 0. The Labute approximate surface area is 233 Å². The Bertz CT molecular complexity index is 1200. The van der Waals surface area contributed by atoms with Gasteiger partial charge in [0.2, 0.25) is 0 Å². The molecule has 0 saturated heterocycles. The number of amidine groups is 1. The second kappa shape index (κ2) is 12.8. The zero-order chi connectivity index (χ0) is 28.0. The summed E-state index contributed by atoms with van der Waals surface area (Å²) in [6.07, 6.45) is 7.45. The number of amides is 1. The Hall–Kier alpha value is -3.15. The Morgan fingerprint density at radius 1 is 1.08 bits per heavy atom. The van der Waals surface area contributed by atoms with Crippen molar-refractivity contribution in [2.24, 2.45) is 10.9 Å². The number of aliphatic imine (C=N–C) groups is 1. The first kappa shape index (κ1) is 28.8. The molecule has 1 atom stereocenters. The molecule has 6 nitrogen and oxygen atoms in total. The molecule has 1 saturated carbocycles. The summed E-state index contributed by atoms with van der Waals surface area (Å²) in [5.74, 6) is 1.45. The summed E-state index contributed by atoms with van der Waals surface area (Å²) in [6, 6.07) is 14.3. The van der Waals surface area contributed by atoms with Crippen LogP contribution in [0.2, 0.25) is 0 Å². The Balaban J connectivity index is 1.53. The van der Waals surface area contributed by atoms with Gasteiger partial charge in [-0.15, -0.1) is 0 Å². The fourth-order valence-electron chi connectivity index (χ4n) is 5.77. The Morgan fingerprint density at radius 3 is 2.51 bits per heavy atom. The minimum atomic E-state index is -0.655. The van der Waals surface area contributed by atoms with Crippen molar-refractivity contribution in [3.05, 3.63) is 53.6 Å². The summed E-state index contributed by atoms with van der Waals surface area (Å²) in [7, 11) is 0. The van der Waals surface area contributed by atoms with Gasteiger partial charge in [0.05, 0.1) is 13.2 Å². The fraction of sp³-hybridized carbons (Fsp3) is 0.545. The number of ether oxygens (including phenoxy) is 2. The monoisotopic (exact) mass is 532 g/mol. The van der Waals surface area contributed by atoms with Gasteiger partial charge in [0.15, 0.2) is 6.10 Å². The van der Waals surface area contributed by atoms with Crippen molar-refractivity contribution in [3.63, 3.8) is 0 Å². The van der Waals surface area contributed by atoms with E-state index in [0.717, 1.165) is 73.0 Å². The number of hydrogen-bond acceptors (Lipinski definition) is 5. The first-order valence-corrected chi connectivity index (χ1v) is 14.7. The molecule has 0 radical (unpaired) electrons. The van der Waals surface area contributed by atoms with Crippen LogP contribution < -0.4 is 4.74 Å². The van der Waals surface area contributed by atoms with Gasteiger partial charge in [0, 0.05) is 12.3 Å². The molecule has 1 spiro atoms. The first-order valence-electron chi connectivity index (χ1n) is 14.7. The average Bonchev–Trinajstić information content (AvgIpc) is 3.16. The minimum Gasteiger partial charge on any atom is -0.478 e. The summed E-state index contributed by atoms with van der Waals surface area (Å²) in [4.78, 5) is 33.1. The number of esters is 1. The van der Waals surface area contributed by atoms with E-state index >= 15 is 0 Å². The molecule has 2 aromatic carbocycles. The lowest BCUT2D eigenvalue weighted by molar-refractivity contribution is -0.153. The molecule has 6 heteroatoms. The van der Waals surface area contributed by atoms with Gasteiger partial charge in [-0.05, 0) is 67.5 Å². The summed E-state index contributed by atoms with van der Waals surface area (Å²) in [5.41, 5.74) is 3.83. The van der Waals surface area contributed by atoms with E-state index in [2.05, 4.69) is 38.1 Å². The van der Waals surface area contributed by atoms with Crippen molar-refractivity contribution in [2.45, 2.75) is 104 Å². The van der Waals surface area contributed by atoms with Crippen LogP contribution in [0.1, 0.15) is 90.2 Å². The third-order valence-electron chi connectivity index (χ3n) is 7.90. The van der Waals surface area contributed by atoms with Crippen LogP contribution in [-0.2, 0) is 20.9 Å². The number of aryl methyl sites for hydroxylation is 1. The molecular weight excluding hydrogens is 488 g/mol. The van der Waals surface area contributed by atoms with Gasteiger partial charge in [0.1, 0.15) is 17.1 Å². The third-order valence-corrected chi connectivity index (χ3v) is 7.90. The average molecular weight is 533 g/mol. The quantitative estimate of drug-likeness (QED) is 0.286. The van der Waals surface area contributed by atoms with Gasteiger partial charge in [-0.2, -0.15) is 0 Å². The smallest absolute Gasteiger partial charge is 0.347 e. The van der Waals surface area contributed by atoms with Crippen LogP contribution in [0.3, 0.4) is 0 Å². The Kier molecular flexibility index (Phi) is 9.47. The molecule has 4 rings (SSSR count). The number of carbonyl (C=O) groups is 2. The van der Waals surface area contributed by atoms with Crippen molar-refractivity contribution < 1.29 is 19.1 Å². The van der Waals surface area contributed by atoms with E-state index in [1.807, 2.05) is 36.9 Å². The van der Waals surface area contributed by atoms with Crippen LogP contribution in [0.5, 0.6) is 5.75 Å². The van der Waals surface area contributed by atoms with Crippen LogP contribution in [0, 0.1) is 12.8 Å². The maximum atomic E-state index is 13.7. The molecule has 1 fully saturated rings. The number of benzene rings is 2. The van der Waals surface area contributed by atoms with E-state index in [1.165, 1.54) is 6.42 Å². The summed E-state index contributed by atoms with van der Waals surface area (Å²) < 4.78 is 11.3. The highest BCUT2D eigenvalue weighted by Gasteiger charge is 2.48. The first-order chi connectivity index (χ1) is 18.8. The van der Waals surface area contributed by atoms with Crippen molar-refractivity contribution in [1.82, 2.24) is 4.90 Å². The Morgan fingerprint density at radius 2 is 1.85 bits per heavy atom. The van der Waals surface area contributed by atoms with E-state index in [-0.39, 0.29) is 17.8 Å². The largest absolute Gasteiger partial charge is 0.478 e. The van der Waals surface area contributed by atoms with E-state index in [1.54, 1.807) is 6.92 Å². The van der Waals surface area contributed by atoms with E-state index in [4.69, 9.17) is 14.5 Å². The second-order valence-corrected chi connectivity index (χ2v) is 11.3.